The number of halogens is 1. The molecule has 0 aliphatic rings. The van der Waals surface area contributed by atoms with Crippen molar-refractivity contribution in [2.45, 2.75) is 19.9 Å². The number of nitrogens with one attached hydrogen (secondary N) is 1. The van der Waals surface area contributed by atoms with E-state index in [0.717, 1.165) is 24.5 Å². The van der Waals surface area contributed by atoms with Gasteiger partial charge >= 0.3 is 0 Å². The molecular weight excluding hydrogens is 439 g/mol. The number of guanidine groups is 1. The number of methoxy groups -OCH3 is 1. The van der Waals surface area contributed by atoms with E-state index in [1.807, 2.05) is 30.3 Å². The lowest BCUT2D eigenvalue weighted by Gasteiger charge is -2.29. The van der Waals surface area contributed by atoms with Gasteiger partial charge in [0.15, 0.2) is 5.96 Å². The molecule has 142 valence electrons. The molecule has 0 aliphatic carbocycles. The van der Waals surface area contributed by atoms with Crippen LogP contribution < -0.4 is 15.8 Å². The predicted molar refractivity (Wildman–Crippen MR) is 121 cm³/mol. The standard InChI is InChI=1S/C20H28N4O.HI/c1-4-24(5-2)18(16-11-7-6-8-12-16)15-22-20(21)23-17-13-9-10-14-19(17)25-3;/h6-14,18H,4-5,15H2,1-3H3,(H3,21,22,23);1H. The maximum atomic E-state index is 6.10. The molecular formula is C20H29IN4O. The molecule has 0 amide bonds. The van der Waals surface area contributed by atoms with E-state index in [1.165, 1.54) is 5.56 Å². The maximum absolute atomic E-state index is 6.10. The van der Waals surface area contributed by atoms with Crippen molar-refractivity contribution in [1.29, 1.82) is 0 Å². The Morgan fingerprint density at radius 1 is 1.08 bits per heavy atom. The van der Waals surface area contributed by atoms with E-state index >= 15 is 0 Å². The normalized spacial score (nSPS) is 12.4. The summed E-state index contributed by atoms with van der Waals surface area (Å²) in [5.41, 5.74) is 8.16. The van der Waals surface area contributed by atoms with Gasteiger partial charge in [-0.05, 0) is 30.8 Å². The number of aliphatic imine (C=N–C) groups is 1. The van der Waals surface area contributed by atoms with Crippen LogP contribution in [0.15, 0.2) is 59.6 Å². The number of nitrogens with two attached hydrogens (primary N) is 1. The minimum Gasteiger partial charge on any atom is -0.495 e. The highest BCUT2D eigenvalue weighted by Gasteiger charge is 2.17. The monoisotopic (exact) mass is 468 g/mol. The van der Waals surface area contributed by atoms with E-state index in [2.05, 4.69) is 53.3 Å². The molecule has 2 aromatic carbocycles. The zero-order valence-corrected chi connectivity index (χ0v) is 18.0. The Labute approximate surface area is 173 Å². The van der Waals surface area contributed by atoms with Gasteiger partial charge in [0.1, 0.15) is 5.75 Å². The van der Waals surface area contributed by atoms with Crippen LogP contribution in [0.3, 0.4) is 0 Å². The second-order valence-corrected chi connectivity index (χ2v) is 5.70. The molecule has 0 saturated carbocycles. The molecule has 0 aliphatic heterocycles. The zero-order chi connectivity index (χ0) is 18.1. The first-order valence-corrected chi connectivity index (χ1v) is 8.68. The van der Waals surface area contributed by atoms with Crippen LogP contribution >= 0.6 is 24.0 Å². The highest BCUT2D eigenvalue weighted by Crippen LogP contribution is 2.23. The summed E-state index contributed by atoms with van der Waals surface area (Å²) < 4.78 is 5.33. The molecule has 0 aromatic heterocycles. The summed E-state index contributed by atoms with van der Waals surface area (Å²) in [6, 6.07) is 18.3. The van der Waals surface area contributed by atoms with Crippen molar-refractivity contribution in [3.63, 3.8) is 0 Å². The largest absolute Gasteiger partial charge is 0.495 e. The van der Waals surface area contributed by atoms with E-state index in [9.17, 15) is 0 Å². The van der Waals surface area contributed by atoms with Crippen molar-refractivity contribution in [2.24, 2.45) is 10.7 Å². The van der Waals surface area contributed by atoms with Crippen molar-refractivity contribution in [3.05, 3.63) is 60.2 Å². The second kappa shape index (κ2) is 11.7. The second-order valence-electron chi connectivity index (χ2n) is 5.70. The number of rotatable bonds is 8. The lowest BCUT2D eigenvalue weighted by Crippen LogP contribution is -2.32. The summed E-state index contributed by atoms with van der Waals surface area (Å²) in [5.74, 6) is 1.13. The van der Waals surface area contributed by atoms with Crippen molar-refractivity contribution in [3.8, 4) is 5.75 Å². The van der Waals surface area contributed by atoms with Gasteiger partial charge in [-0.15, -0.1) is 24.0 Å². The minimum atomic E-state index is 0. The number of benzene rings is 2. The molecule has 5 nitrogen and oxygen atoms in total. The first kappa shape index (κ1) is 22.2. The van der Waals surface area contributed by atoms with Gasteiger partial charge in [0, 0.05) is 0 Å². The fourth-order valence-electron chi connectivity index (χ4n) is 2.88. The van der Waals surface area contributed by atoms with Gasteiger partial charge in [0.05, 0.1) is 25.4 Å². The van der Waals surface area contributed by atoms with Crippen LogP contribution in [-0.2, 0) is 0 Å². The first-order valence-electron chi connectivity index (χ1n) is 8.68. The van der Waals surface area contributed by atoms with E-state index in [-0.39, 0.29) is 30.0 Å². The summed E-state index contributed by atoms with van der Waals surface area (Å²) in [4.78, 5) is 6.96. The Hall–Kier alpha value is -1.80. The summed E-state index contributed by atoms with van der Waals surface area (Å²) >= 11 is 0. The Morgan fingerprint density at radius 2 is 1.69 bits per heavy atom. The van der Waals surface area contributed by atoms with Crippen molar-refractivity contribution < 1.29 is 4.74 Å². The van der Waals surface area contributed by atoms with Gasteiger partial charge < -0.3 is 15.8 Å². The van der Waals surface area contributed by atoms with E-state index in [0.29, 0.717) is 12.5 Å². The van der Waals surface area contributed by atoms with Crippen molar-refractivity contribution in [1.82, 2.24) is 4.90 Å². The topological polar surface area (TPSA) is 62.9 Å². The van der Waals surface area contributed by atoms with Gasteiger partial charge in [0.25, 0.3) is 0 Å². The summed E-state index contributed by atoms with van der Waals surface area (Å²) in [7, 11) is 1.64. The van der Waals surface area contributed by atoms with Crippen LogP contribution in [0.2, 0.25) is 0 Å². The summed E-state index contributed by atoms with van der Waals surface area (Å²) in [6.07, 6.45) is 0. The quantitative estimate of drug-likeness (QED) is 0.348. The van der Waals surface area contributed by atoms with E-state index in [1.54, 1.807) is 7.11 Å². The number of hydrogen-bond donors (Lipinski definition) is 2. The van der Waals surface area contributed by atoms with Gasteiger partial charge in [-0.2, -0.15) is 0 Å². The van der Waals surface area contributed by atoms with E-state index < -0.39 is 0 Å². The lowest BCUT2D eigenvalue weighted by molar-refractivity contribution is 0.224. The number of ether oxygens (including phenoxy) is 1. The summed E-state index contributed by atoms with van der Waals surface area (Å²) in [6.45, 7) is 6.86. The highest BCUT2D eigenvalue weighted by molar-refractivity contribution is 14.0. The molecule has 0 saturated heterocycles. The fraction of sp³-hybridized carbons (Fsp3) is 0.350. The third-order valence-corrected chi connectivity index (χ3v) is 4.24. The molecule has 3 N–H and O–H groups in total. The molecule has 1 atom stereocenters. The molecule has 2 rings (SSSR count). The van der Waals surface area contributed by atoms with Gasteiger partial charge in [0.2, 0.25) is 0 Å². The number of nitrogens with zero attached hydrogens (tertiary/aromatic N) is 2. The molecule has 0 bridgehead atoms. The Bertz CT molecular complexity index is 675. The number of hydrogen-bond acceptors (Lipinski definition) is 3. The minimum absolute atomic E-state index is 0. The zero-order valence-electron chi connectivity index (χ0n) is 15.7. The van der Waals surface area contributed by atoms with Gasteiger partial charge in [-0.1, -0.05) is 56.3 Å². The average Bonchev–Trinajstić information content (AvgIpc) is 2.66. The van der Waals surface area contributed by atoms with Crippen molar-refractivity contribution >= 4 is 35.6 Å². The van der Waals surface area contributed by atoms with Gasteiger partial charge in [-0.3, -0.25) is 9.89 Å². The van der Waals surface area contributed by atoms with Crippen LogP contribution in [0.4, 0.5) is 5.69 Å². The molecule has 0 fully saturated rings. The molecule has 6 heteroatoms. The Morgan fingerprint density at radius 3 is 2.31 bits per heavy atom. The smallest absolute Gasteiger partial charge is 0.193 e. The van der Waals surface area contributed by atoms with Crippen LogP contribution in [0.25, 0.3) is 0 Å². The predicted octanol–water partition coefficient (Wildman–Crippen LogP) is 4.12. The number of anilines is 1. The molecule has 26 heavy (non-hydrogen) atoms. The SMILES string of the molecule is CCN(CC)C(CN=C(N)Nc1ccccc1OC)c1ccccc1.I. The van der Waals surface area contributed by atoms with Crippen LogP contribution in [0.1, 0.15) is 25.5 Å². The Kier molecular flexibility index (Phi) is 10.0. The molecule has 0 heterocycles. The van der Waals surface area contributed by atoms with Crippen LogP contribution in [0.5, 0.6) is 5.75 Å². The molecule has 2 aromatic rings. The van der Waals surface area contributed by atoms with E-state index in [4.69, 9.17) is 10.5 Å². The van der Waals surface area contributed by atoms with Gasteiger partial charge in [-0.25, -0.2) is 0 Å². The molecule has 1 unspecified atom stereocenters. The van der Waals surface area contributed by atoms with Crippen LogP contribution in [-0.4, -0.2) is 37.6 Å². The van der Waals surface area contributed by atoms with Crippen molar-refractivity contribution in [2.75, 3.05) is 32.1 Å². The number of likely N-dealkylation sites (N-methyl/N-ethyl adjacent to an activating group) is 1. The first-order chi connectivity index (χ1) is 12.2. The van der Waals surface area contributed by atoms with Crippen LogP contribution in [0, 0.1) is 0 Å². The molecule has 0 spiro atoms. The Balaban J connectivity index is 0.00000338. The lowest BCUT2D eigenvalue weighted by atomic mass is 10.1. The molecule has 0 radical (unpaired) electrons. The fourth-order valence-corrected chi connectivity index (χ4v) is 2.88. The maximum Gasteiger partial charge on any atom is 0.193 e. The number of para-hydroxylation sites is 2. The average molecular weight is 468 g/mol. The third kappa shape index (κ3) is 6.17. The summed E-state index contributed by atoms with van der Waals surface area (Å²) in [5, 5.41) is 3.13. The third-order valence-electron chi connectivity index (χ3n) is 4.24. The highest BCUT2D eigenvalue weighted by atomic mass is 127.